The molecule has 0 radical (unpaired) electrons. The Bertz CT molecular complexity index is 810. The summed E-state index contributed by atoms with van der Waals surface area (Å²) in [5.41, 5.74) is 0.646. The van der Waals surface area contributed by atoms with Crippen LogP contribution >= 0.6 is 11.3 Å². The quantitative estimate of drug-likeness (QED) is 0.637. The van der Waals surface area contributed by atoms with Crippen molar-refractivity contribution in [3.63, 3.8) is 0 Å². The minimum Gasteiger partial charge on any atom is -0.346 e. The first-order chi connectivity index (χ1) is 7.68. The third-order valence-electron chi connectivity index (χ3n) is 2.65. The lowest BCUT2D eigenvalue weighted by Gasteiger charge is -1.93. The van der Waals surface area contributed by atoms with Crippen LogP contribution in [0.5, 0.6) is 0 Å². The minimum absolute atomic E-state index is 0.240. The average molecular weight is 232 g/mol. The van der Waals surface area contributed by atoms with Crippen molar-refractivity contribution in [2.45, 2.75) is 0 Å². The van der Waals surface area contributed by atoms with Gasteiger partial charge < -0.3 is 4.98 Å². The molecule has 3 aromatic rings. The van der Waals surface area contributed by atoms with E-state index in [1.807, 2.05) is 24.3 Å². The molecule has 4 nitrogen and oxygen atoms in total. The Morgan fingerprint density at radius 1 is 1.25 bits per heavy atom. The van der Waals surface area contributed by atoms with Crippen LogP contribution in [-0.4, -0.2) is 9.55 Å². The molecule has 16 heavy (non-hydrogen) atoms. The summed E-state index contributed by atoms with van der Waals surface area (Å²) in [6.07, 6.45) is 0. The lowest BCUT2D eigenvalue weighted by molar-refractivity contribution is 0.854. The van der Waals surface area contributed by atoms with Crippen molar-refractivity contribution >= 4 is 32.5 Å². The molecule has 2 heterocycles. The van der Waals surface area contributed by atoms with Gasteiger partial charge in [0.15, 0.2) is 0 Å². The molecule has 0 aliphatic carbocycles. The number of H-pyrrole nitrogens is 1. The van der Waals surface area contributed by atoms with Gasteiger partial charge in [0.2, 0.25) is 0 Å². The largest absolute Gasteiger partial charge is 0.346 e. The fourth-order valence-electron chi connectivity index (χ4n) is 1.81. The summed E-state index contributed by atoms with van der Waals surface area (Å²) >= 11 is 1.06. The van der Waals surface area contributed by atoms with Crippen LogP contribution in [0.1, 0.15) is 0 Å². The summed E-state index contributed by atoms with van der Waals surface area (Å²) in [6, 6.07) is 7.55. The predicted octanol–water partition coefficient (Wildman–Crippen LogP) is 1.44. The summed E-state index contributed by atoms with van der Waals surface area (Å²) in [7, 11) is 1.50. The van der Waals surface area contributed by atoms with Gasteiger partial charge >= 0.3 is 4.87 Å². The maximum atomic E-state index is 12.0. The zero-order valence-corrected chi connectivity index (χ0v) is 9.30. The van der Waals surface area contributed by atoms with Crippen LogP contribution in [-0.2, 0) is 7.05 Å². The van der Waals surface area contributed by atoms with Crippen LogP contribution in [0.2, 0.25) is 0 Å². The zero-order chi connectivity index (χ0) is 11.3. The number of hydrogen-bond donors (Lipinski definition) is 1. The van der Waals surface area contributed by atoms with Crippen LogP contribution in [0.15, 0.2) is 33.9 Å². The van der Waals surface area contributed by atoms with E-state index in [2.05, 4.69) is 4.98 Å². The molecule has 0 saturated heterocycles. The van der Waals surface area contributed by atoms with Crippen LogP contribution in [0.4, 0.5) is 0 Å². The maximum Gasteiger partial charge on any atom is 0.311 e. The molecule has 0 unspecified atom stereocenters. The van der Waals surface area contributed by atoms with Crippen LogP contribution in [0.25, 0.3) is 21.1 Å². The van der Waals surface area contributed by atoms with Gasteiger partial charge in [0.05, 0.1) is 5.39 Å². The van der Waals surface area contributed by atoms with E-state index in [1.54, 1.807) is 0 Å². The molecule has 0 atom stereocenters. The smallest absolute Gasteiger partial charge is 0.311 e. The van der Waals surface area contributed by atoms with E-state index < -0.39 is 0 Å². The first-order valence-corrected chi connectivity index (χ1v) is 5.60. The third kappa shape index (κ3) is 1.09. The van der Waals surface area contributed by atoms with E-state index >= 15 is 0 Å². The molecule has 3 rings (SSSR count). The second-order valence-corrected chi connectivity index (χ2v) is 4.57. The number of para-hydroxylation sites is 1. The van der Waals surface area contributed by atoms with Crippen molar-refractivity contribution in [1.29, 1.82) is 0 Å². The van der Waals surface area contributed by atoms with Gasteiger partial charge in [-0.05, 0) is 6.07 Å². The molecule has 0 aliphatic rings. The van der Waals surface area contributed by atoms with E-state index in [4.69, 9.17) is 0 Å². The SMILES string of the molecule is Cn1c(=O)sc2[nH]c3ccccc3c2c1=O. The van der Waals surface area contributed by atoms with Crippen molar-refractivity contribution < 1.29 is 0 Å². The van der Waals surface area contributed by atoms with E-state index in [9.17, 15) is 9.59 Å². The van der Waals surface area contributed by atoms with E-state index in [0.717, 1.165) is 26.8 Å². The maximum absolute atomic E-state index is 12.0. The molecule has 1 aromatic carbocycles. The molecule has 2 aromatic heterocycles. The Hall–Kier alpha value is -1.88. The molecule has 80 valence electrons. The van der Waals surface area contributed by atoms with Crippen LogP contribution in [0, 0.1) is 0 Å². The highest BCUT2D eigenvalue weighted by Gasteiger charge is 2.10. The fraction of sp³-hybridized carbons (Fsp3) is 0.0909. The number of nitrogens with one attached hydrogen (secondary N) is 1. The van der Waals surface area contributed by atoms with Crippen LogP contribution in [0.3, 0.4) is 0 Å². The predicted molar refractivity (Wildman–Crippen MR) is 65.2 cm³/mol. The zero-order valence-electron chi connectivity index (χ0n) is 8.48. The topological polar surface area (TPSA) is 54.9 Å². The number of nitrogens with zero attached hydrogens (tertiary/aromatic N) is 1. The number of fused-ring (bicyclic) bond motifs is 3. The Kier molecular flexibility index (Phi) is 1.79. The molecular weight excluding hydrogens is 224 g/mol. The average Bonchev–Trinajstić information content (AvgIpc) is 2.64. The molecule has 0 saturated carbocycles. The third-order valence-corrected chi connectivity index (χ3v) is 3.61. The Morgan fingerprint density at radius 3 is 2.81 bits per heavy atom. The Balaban J connectivity index is 2.73. The monoisotopic (exact) mass is 232 g/mol. The minimum atomic E-state index is -0.246. The lowest BCUT2D eigenvalue weighted by Crippen LogP contribution is -2.27. The highest BCUT2D eigenvalue weighted by molar-refractivity contribution is 7.15. The van der Waals surface area contributed by atoms with Gasteiger partial charge in [-0.1, -0.05) is 29.5 Å². The Labute approximate surface area is 93.8 Å². The lowest BCUT2D eigenvalue weighted by atomic mass is 10.2. The van der Waals surface area contributed by atoms with Crippen molar-refractivity contribution in [1.82, 2.24) is 9.55 Å². The van der Waals surface area contributed by atoms with Gasteiger partial charge in [-0.15, -0.1) is 0 Å². The number of aromatic amines is 1. The first-order valence-electron chi connectivity index (χ1n) is 4.79. The second kappa shape index (κ2) is 3.05. The molecule has 1 N–H and O–H groups in total. The van der Waals surface area contributed by atoms with Crippen molar-refractivity contribution in [3.8, 4) is 0 Å². The number of aromatic nitrogens is 2. The van der Waals surface area contributed by atoms with Crippen LogP contribution < -0.4 is 10.4 Å². The standard InChI is InChI=1S/C11H8N2O2S/c1-13-10(14)8-6-4-2-3-5-7(6)12-9(8)16-11(13)15/h2-5,12H,1H3. The molecule has 5 heteroatoms. The highest BCUT2D eigenvalue weighted by Crippen LogP contribution is 2.22. The summed E-state index contributed by atoms with van der Waals surface area (Å²) in [4.78, 5) is 27.0. The van der Waals surface area contributed by atoms with Gasteiger partial charge in [-0.2, -0.15) is 0 Å². The van der Waals surface area contributed by atoms with E-state index in [0.29, 0.717) is 10.2 Å². The van der Waals surface area contributed by atoms with Gasteiger partial charge in [-0.3, -0.25) is 14.2 Å². The molecular formula is C11H8N2O2S. The number of hydrogen-bond acceptors (Lipinski definition) is 3. The number of rotatable bonds is 0. The van der Waals surface area contributed by atoms with Gasteiger partial charge in [0.25, 0.3) is 5.56 Å². The van der Waals surface area contributed by atoms with E-state index in [-0.39, 0.29) is 10.4 Å². The summed E-state index contributed by atoms with van der Waals surface area (Å²) in [5, 5.41) is 1.47. The van der Waals surface area contributed by atoms with Gasteiger partial charge in [0.1, 0.15) is 4.83 Å². The summed E-state index contributed by atoms with van der Waals surface area (Å²) < 4.78 is 1.15. The normalized spacial score (nSPS) is 11.3. The highest BCUT2D eigenvalue weighted by atomic mass is 32.1. The Morgan fingerprint density at radius 2 is 2.00 bits per heavy atom. The molecule has 0 fully saturated rings. The fourth-order valence-corrected chi connectivity index (χ4v) is 2.67. The molecule has 0 amide bonds. The van der Waals surface area contributed by atoms with Crippen molar-refractivity contribution in [2.75, 3.05) is 0 Å². The van der Waals surface area contributed by atoms with Gasteiger partial charge in [-0.25, -0.2) is 0 Å². The summed E-state index contributed by atoms with van der Waals surface area (Å²) in [6.45, 7) is 0. The first kappa shape index (κ1) is 9.35. The number of benzene rings is 1. The molecule has 0 spiro atoms. The summed E-state index contributed by atoms with van der Waals surface area (Å²) in [5.74, 6) is 0. The molecule has 0 aliphatic heterocycles. The second-order valence-electron chi connectivity index (χ2n) is 3.61. The van der Waals surface area contributed by atoms with Crippen molar-refractivity contribution in [3.05, 3.63) is 44.3 Å². The molecule has 0 bridgehead atoms. The van der Waals surface area contributed by atoms with Gasteiger partial charge in [0, 0.05) is 18.0 Å². The van der Waals surface area contributed by atoms with Crippen molar-refractivity contribution in [2.24, 2.45) is 7.05 Å². The van der Waals surface area contributed by atoms with E-state index in [1.165, 1.54) is 7.05 Å².